The molecule has 0 aliphatic carbocycles. The maximum absolute atomic E-state index is 12.7. The number of carbonyl (C=O) groups excluding carboxylic acids is 2. The van der Waals surface area contributed by atoms with Crippen molar-refractivity contribution in [1.29, 1.82) is 0 Å². The Morgan fingerprint density at radius 1 is 1.03 bits per heavy atom. The van der Waals surface area contributed by atoms with Crippen LogP contribution in [0.1, 0.15) is 25.3 Å². The predicted octanol–water partition coefficient (Wildman–Crippen LogP) is -0.260. The van der Waals surface area contributed by atoms with Gasteiger partial charge in [-0.1, -0.05) is 19.1 Å². The van der Waals surface area contributed by atoms with Gasteiger partial charge in [0.2, 0.25) is 6.29 Å². The Balaban J connectivity index is 1.69. The monoisotopic (exact) mass is 526 g/mol. The lowest BCUT2D eigenvalue weighted by atomic mass is 9.80. The van der Waals surface area contributed by atoms with Crippen LogP contribution in [0.15, 0.2) is 36.1 Å². The molecule has 0 bridgehead atoms. The Kier molecular flexibility index (Phi) is 10.3. The minimum absolute atomic E-state index is 0.0890. The molecule has 0 radical (unpaired) electrons. The van der Waals surface area contributed by atoms with Gasteiger partial charge in [-0.15, -0.1) is 0 Å². The van der Waals surface area contributed by atoms with Crippen LogP contribution in [-0.2, 0) is 39.7 Å². The SMILES string of the molecule is CC[C@H]1[C@H](O[C@@H]2O[C@@H](CO)[C@@H](O)[C@H](O)[C@H]2O)OC=C(C(=O)OC)[C@H]1CC(=O)OCCc1ccc(O)cc1. The molecule has 37 heavy (non-hydrogen) atoms. The quantitative estimate of drug-likeness (QED) is 0.252. The number of phenols is 1. The number of rotatable bonds is 10. The highest BCUT2D eigenvalue weighted by Gasteiger charge is 2.48. The molecule has 12 nitrogen and oxygen atoms in total. The van der Waals surface area contributed by atoms with Gasteiger partial charge in [-0.25, -0.2) is 4.79 Å². The van der Waals surface area contributed by atoms with E-state index >= 15 is 0 Å². The summed E-state index contributed by atoms with van der Waals surface area (Å²) in [5.41, 5.74) is 0.977. The van der Waals surface area contributed by atoms with Crippen LogP contribution in [0.5, 0.6) is 5.75 Å². The highest BCUT2D eigenvalue weighted by Crippen LogP contribution is 2.38. The highest BCUT2D eigenvalue weighted by atomic mass is 16.8. The number of hydrogen-bond donors (Lipinski definition) is 5. The maximum Gasteiger partial charge on any atom is 0.337 e. The zero-order valence-electron chi connectivity index (χ0n) is 20.6. The number of hydrogen-bond acceptors (Lipinski definition) is 12. The van der Waals surface area contributed by atoms with Crippen molar-refractivity contribution in [2.24, 2.45) is 11.8 Å². The van der Waals surface area contributed by atoms with Crippen molar-refractivity contribution in [3.8, 4) is 5.75 Å². The number of esters is 2. The van der Waals surface area contributed by atoms with Gasteiger partial charge in [0.1, 0.15) is 30.2 Å². The minimum Gasteiger partial charge on any atom is -0.508 e. The van der Waals surface area contributed by atoms with Crippen LogP contribution in [0, 0.1) is 11.8 Å². The lowest BCUT2D eigenvalue weighted by Crippen LogP contribution is -2.60. The third-order valence-corrected chi connectivity index (χ3v) is 6.58. The van der Waals surface area contributed by atoms with Gasteiger partial charge in [-0.05, 0) is 24.1 Å². The first-order valence-electron chi connectivity index (χ1n) is 12.0. The van der Waals surface area contributed by atoms with E-state index in [0.29, 0.717) is 12.8 Å². The first kappa shape index (κ1) is 28.8. The van der Waals surface area contributed by atoms with Gasteiger partial charge in [0.15, 0.2) is 6.29 Å². The molecule has 1 aromatic carbocycles. The van der Waals surface area contributed by atoms with Crippen LogP contribution in [0.4, 0.5) is 0 Å². The molecule has 12 heteroatoms. The molecule has 0 saturated carbocycles. The molecule has 0 spiro atoms. The third kappa shape index (κ3) is 6.98. The first-order valence-corrected chi connectivity index (χ1v) is 12.0. The molecule has 0 unspecified atom stereocenters. The Bertz CT molecular complexity index is 930. The molecular weight excluding hydrogens is 492 g/mol. The smallest absolute Gasteiger partial charge is 0.337 e. The van der Waals surface area contributed by atoms with Crippen LogP contribution in [-0.4, -0.2) is 94.8 Å². The minimum atomic E-state index is -1.65. The topological polar surface area (TPSA) is 181 Å². The number of carbonyl (C=O) groups is 2. The van der Waals surface area contributed by atoms with Crippen LogP contribution < -0.4 is 0 Å². The van der Waals surface area contributed by atoms with E-state index in [1.54, 1.807) is 19.1 Å². The largest absolute Gasteiger partial charge is 0.508 e. The van der Waals surface area contributed by atoms with E-state index in [2.05, 4.69) is 0 Å². The van der Waals surface area contributed by atoms with Gasteiger partial charge in [-0.3, -0.25) is 4.79 Å². The average molecular weight is 527 g/mol. The standard InChI is InChI=1S/C25H34O12/c1-3-15-16(10-19(28)34-9-8-13-4-6-14(27)7-5-13)17(23(32)33-2)12-35-24(15)37-25-22(31)21(30)20(29)18(11-26)36-25/h4-7,12,15-16,18,20-22,24-27,29-31H,3,8-11H2,1-2H3/t15-,16+,18+,20-,21+,22-,24+,25+/m1/s1. The molecule has 1 aromatic rings. The summed E-state index contributed by atoms with van der Waals surface area (Å²) < 4.78 is 27.0. The molecule has 2 aliphatic heterocycles. The molecule has 1 saturated heterocycles. The second-order valence-corrected chi connectivity index (χ2v) is 8.92. The fraction of sp³-hybridized carbons (Fsp3) is 0.600. The van der Waals surface area contributed by atoms with Gasteiger partial charge in [0.05, 0.1) is 38.6 Å². The van der Waals surface area contributed by atoms with E-state index < -0.39 is 67.4 Å². The molecule has 206 valence electrons. The summed E-state index contributed by atoms with van der Waals surface area (Å²) in [7, 11) is 1.20. The third-order valence-electron chi connectivity index (χ3n) is 6.58. The van der Waals surface area contributed by atoms with Crippen LogP contribution in [0.25, 0.3) is 0 Å². The van der Waals surface area contributed by atoms with E-state index in [1.807, 2.05) is 0 Å². The molecule has 0 amide bonds. The van der Waals surface area contributed by atoms with E-state index in [-0.39, 0.29) is 24.4 Å². The van der Waals surface area contributed by atoms with Gasteiger partial charge in [-0.2, -0.15) is 0 Å². The number of aromatic hydroxyl groups is 1. The van der Waals surface area contributed by atoms with Crippen molar-refractivity contribution in [3.05, 3.63) is 41.7 Å². The number of phenolic OH excluding ortho intramolecular Hbond substituents is 1. The second kappa shape index (κ2) is 13.2. The number of methoxy groups -OCH3 is 1. The predicted molar refractivity (Wildman–Crippen MR) is 124 cm³/mol. The highest BCUT2D eigenvalue weighted by molar-refractivity contribution is 5.89. The van der Waals surface area contributed by atoms with Gasteiger partial charge < -0.3 is 49.2 Å². The zero-order valence-corrected chi connectivity index (χ0v) is 20.6. The lowest BCUT2D eigenvalue weighted by Gasteiger charge is -2.43. The van der Waals surface area contributed by atoms with Crippen molar-refractivity contribution in [2.45, 2.75) is 63.2 Å². The second-order valence-electron chi connectivity index (χ2n) is 8.92. The van der Waals surface area contributed by atoms with Crippen molar-refractivity contribution in [3.63, 3.8) is 0 Å². The number of aliphatic hydroxyl groups is 4. The van der Waals surface area contributed by atoms with Gasteiger partial charge in [0.25, 0.3) is 0 Å². The van der Waals surface area contributed by atoms with Crippen molar-refractivity contribution < 1.29 is 58.8 Å². The van der Waals surface area contributed by atoms with E-state index in [9.17, 15) is 35.1 Å². The molecular formula is C25H34O12. The van der Waals surface area contributed by atoms with Crippen LogP contribution in [0.3, 0.4) is 0 Å². The maximum atomic E-state index is 12.7. The average Bonchev–Trinajstić information content (AvgIpc) is 2.89. The number of aliphatic hydroxyl groups excluding tert-OH is 4. The summed E-state index contributed by atoms with van der Waals surface area (Å²) in [6.07, 6.45) is -6.82. The molecule has 3 rings (SSSR count). The summed E-state index contributed by atoms with van der Waals surface area (Å²) in [6.45, 7) is 1.26. The Labute approximate surface area is 214 Å². The lowest BCUT2D eigenvalue weighted by molar-refractivity contribution is -0.341. The number of benzene rings is 1. The van der Waals surface area contributed by atoms with E-state index in [1.165, 1.54) is 19.2 Å². The fourth-order valence-corrected chi connectivity index (χ4v) is 4.43. The van der Waals surface area contributed by atoms with Crippen LogP contribution in [0.2, 0.25) is 0 Å². The summed E-state index contributed by atoms with van der Waals surface area (Å²) in [5.74, 6) is -2.43. The van der Waals surface area contributed by atoms with E-state index in [0.717, 1.165) is 11.8 Å². The molecule has 1 fully saturated rings. The zero-order chi connectivity index (χ0) is 27.1. The fourth-order valence-electron chi connectivity index (χ4n) is 4.43. The van der Waals surface area contributed by atoms with Gasteiger partial charge in [0, 0.05) is 18.3 Å². The summed E-state index contributed by atoms with van der Waals surface area (Å²) >= 11 is 0. The normalized spacial score (nSPS) is 31.7. The number of ether oxygens (including phenoxy) is 5. The van der Waals surface area contributed by atoms with Crippen molar-refractivity contribution >= 4 is 11.9 Å². The molecule has 5 N–H and O–H groups in total. The Morgan fingerprint density at radius 2 is 1.73 bits per heavy atom. The van der Waals surface area contributed by atoms with Gasteiger partial charge >= 0.3 is 11.9 Å². The van der Waals surface area contributed by atoms with Crippen molar-refractivity contribution in [2.75, 3.05) is 20.3 Å². The summed E-state index contributed by atoms with van der Waals surface area (Å²) in [5, 5.41) is 49.2. The Morgan fingerprint density at radius 3 is 2.35 bits per heavy atom. The first-order chi connectivity index (χ1) is 17.7. The van der Waals surface area contributed by atoms with Crippen molar-refractivity contribution in [1.82, 2.24) is 0 Å². The van der Waals surface area contributed by atoms with Crippen LogP contribution >= 0.6 is 0 Å². The Hall–Kier alpha value is -2.74. The molecule has 0 aromatic heterocycles. The van der Waals surface area contributed by atoms with E-state index in [4.69, 9.17) is 23.7 Å². The summed E-state index contributed by atoms with van der Waals surface area (Å²) in [4.78, 5) is 25.1. The molecule has 2 heterocycles. The molecule has 8 atom stereocenters. The molecule has 2 aliphatic rings. The summed E-state index contributed by atoms with van der Waals surface area (Å²) in [6, 6.07) is 6.50.